The predicted molar refractivity (Wildman–Crippen MR) is 83.6 cm³/mol. The van der Waals surface area contributed by atoms with Crippen LogP contribution in [0.3, 0.4) is 0 Å². The van der Waals surface area contributed by atoms with Gasteiger partial charge in [0, 0.05) is 11.3 Å². The summed E-state index contributed by atoms with van der Waals surface area (Å²) in [5, 5.41) is 3.52. The van der Waals surface area contributed by atoms with Crippen LogP contribution in [0, 0.1) is 0 Å². The summed E-state index contributed by atoms with van der Waals surface area (Å²) in [6.45, 7) is 0.841. The molecular formula is C18H19NO. The lowest BCUT2D eigenvalue weighted by atomic mass is 10.0. The molecule has 0 saturated carbocycles. The summed E-state index contributed by atoms with van der Waals surface area (Å²) >= 11 is 0. The molecule has 0 amide bonds. The summed E-state index contributed by atoms with van der Waals surface area (Å²) in [4.78, 5) is 0. The molecule has 1 aliphatic heterocycles. The van der Waals surface area contributed by atoms with Gasteiger partial charge in [-0.15, -0.1) is 0 Å². The number of benzene rings is 2. The van der Waals surface area contributed by atoms with Crippen molar-refractivity contribution in [3.63, 3.8) is 0 Å². The molecule has 0 spiro atoms. The van der Waals surface area contributed by atoms with E-state index in [0.717, 1.165) is 25.1 Å². The Balaban J connectivity index is 1.75. The molecule has 0 saturated heterocycles. The van der Waals surface area contributed by atoms with Crippen molar-refractivity contribution in [2.24, 2.45) is 0 Å². The molecule has 1 atom stereocenters. The largest absolute Gasteiger partial charge is 0.497 e. The number of hydrogen-bond acceptors (Lipinski definition) is 2. The zero-order valence-electron chi connectivity index (χ0n) is 11.5. The lowest BCUT2D eigenvalue weighted by molar-refractivity contribution is 0.135. The Morgan fingerprint density at radius 3 is 2.60 bits per heavy atom. The SMILES string of the molecule is C1=COC(CNc2ccccc2-c2ccccc2)CC1. The third-order valence-corrected chi connectivity index (χ3v) is 3.55. The first-order valence-electron chi connectivity index (χ1n) is 7.12. The number of rotatable bonds is 4. The van der Waals surface area contributed by atoms with E-state index >= 15 is 0 Å². The summed E-state index contributed by atoms with van der Waals surface area (Å²) in [5.74, 6) is 0. The molecule has 1 unspecified atom stereocenters. The third kappa shape index (κ3) is 3.02. The van der Waals surface area contributed by atoms with Crippen LogP contribution in [0.15, 0.2) is 66.9 Å². The van der Waals surface area contributed by atoms with Crippen LogP contribution in [-0.2, 0) is 4.74 Å². The number of allylic oxidation sites excluding steroid dienone is 1. The Kier molecular flexibility index (Phi) is 4.02. The summed E-state index contributed by atoms with van der Waals surface area (Å²) in [7, 11) is 0. The second-order valence-corrected chi connectivity index (χ2v) is 5.00. The van der Waals surface area contributed by atoms with Gasteiger partial charge >= 0.3 is 0 Å². The maximum Gasteiger partial charge on any atom is 0.115 e. The van der Waals surface area contributed by atoms with Crippen LogP contribution in [-0.4, -0.2) is 12.6 Å². The number of nitrogens with one attached hydrogen (secondary N) is 1. The lowest BCUT2D eigenvalue weighted by Gasteiger charge is -2.21. The van der Waals surface area contributed by atoms with E-state index in [-0.39, 0.29) is 6.10 Å². The smallest absolute Gasteiger partial charge is 0.115 e. The highest BCUT2D eigenvalue weighted by Crippen LogP contribution is 2.27. The molecule has 102 valence electrons. The van der Waals surface area contributed by atoms with Gasteiger partial charge in [-0.25, -0.2) is 0 Å². The minimum atomic E-state index is 0.267. The molecule has 2 aromatic carbocycles. The van der Waals surface area contributed by atoms with Crippen molar-refractivity contribution in [1.29, 1.82) is 0 Å². The molecule has 20 heavy (non-hydrogen) atoms. The van der Waals surface area contributed by atoms with Crippen molar-refractivity contribution < 1.29 is 4.74 Å². The van der Waals surface area contributed by atoms with Crippen molar-refractivity contribution >= 4 is 5.69 Å². The van der Waals surface area contributed by atoms with Gasteiger partial charge in [0.15, 0.2) is 0 Å². The fourth-order valence-electron chi connectivity index (χ4n) is 2.47. The van der Waals surface area contributed by atoms with E-state index in [1.165, 1.54) is 11.1 Å². The maximum absolute atomic E-state index is 5.60. The zero-order valence-corrected chi connectivity index (χ0v) is 11.5. The van der Waals surface area contributed by atoms with Crippen LogP contribution in [0.4, 0.5) is 5.69 Å². The Hall–Kier alpha value is -2.22. The molecule has 0 radical (unpaired) electrons. The van der Waals surface area contributed by atoms with Crippen LogP contribution < -0.4 is 5.32 Å². The minimum absolute atomic E-state index is 0.267. The normalized spacial score (nSPS) is 17.5. The van der Waals surface area contributed by atoms with Gasteiger partial charge in [-0.2, -0.15) is 0 Å². The molecule has 3 rings (SSSR count). The molecule has 0 bridgehead atoms. The van der Waals surface area contributed by atoms with E-state index < -0.39 is 0 Å². The van der Waals surface area contributed by atoms with Crippen LogP contribution in [0.25, 0.3) is 11.1 Å². The van der Waals surface area contributed by atoms with E-state index in [4.69, 9.17) is 4.74 Å². The summed E-state index contributed by atoms with van der Waals surface area (Å²) in [6, 6.07) is 18.9. The standard InChI is InChI=1S/C18H19NO/c1-2-8-15(9-3-1)17-11-4-5-12-18(17)19-14-16-10-6-7-13-20-16/h1-5,7-9,11-13,16,19H,6,10,14H2. The van der Waals surface area contributed by atoms with E-state index in [1.54, 1.807) is 0 Å². The Morgan fingerprint density at radius 2 is 1.80 bits per heavy atom. The molecule has 0 aliphatic carbocycles. The lowest BCUT2D eigenvalue weighted by Crippen LogP contribution is -2.23. The van der Waals surface area contributed by atoms with Crippen LogP contribution in [0.5, 0.6) is 0 Å². The highest BCUT2D eigenvalue weighted by molar-refractivity contribution is 5.77. The van der Waals surface area contributed by atoms with Gasteiger partial charge in [0.25, 0.3) is 0 Å². The van der Waals surface area contributed by atoms with Gasteiger partial charge in [-0.05, 0) is 30.5 Å². The molecule has 1 N–H and O–H groups in total. The highest BCUT2D eigenvalue weighted by Gasteiger charge is 2.11. The summed E-state index contributed by atoms with van der Waals surface area (Å²) in [6.07, 6.45) is 6.35. The minimum Gasteiger partial charge on any atom is -0.497 e. The average molecular weight is 265 g/mol. The third-order valence-electron chi connectivity index (χ3n) is 3.55. The topological polar surface area (TPSA) is 21.3 Å². The quantitative estimate of drug-likeness (QED) is 0.881. The molecule has 0 aromatic heterocycles. The Bertz CT molecular complexity index is 577. The van der Waals surface area contributed by atoms with Gasteiger partial charge in [0.05, 0.1) is 12.8 Å². The van der Waals surface area contributed by atoms with Crippen molar-refractivity contribution in [2.75, 3.05) is 11.9 Å². The fraction of sp³-hybridized carbons (Fsp3) is 0.222. The van der Waals surface area contributed by atoms with Gasteiger partial charge in [0.1, 0.15) is 6.10 Å². The average Bonchev–Trinajstić information content (AvgIpc) is 2.55. The first kappa shape index (κ1) is 12.8. The van der Waals surface area contributed by atoms with Crippen LogP contribution >= 0.6 is 0 Å². The van der Waals surface area contributed by atoms with Crippen molar-refractivity contribution in [3.8, 4) is 11.1 Å². The van der Waals surface area contributed by atoms with Crippen molar-refractivity contribution in [1.82, 2.24) is 0 Å². The van der Waals surface area contributed by atoms with Gasteiger partial charge in [-0.3, -0.25) is 0 Å². The van der Waals surface area contributed by atoms with Crippen LogP contribution in [0.1, 0.15) is 12.8 Å². The molecule has 1 heterocycles. The summed E-state index contributed by atoms with van der Waals surface area (Å²) < 4.78 is 5.60. The monoisotopic (exact) mass is 265 g/mol. The van der Waals surface area contributed by atoms with E-state index in [0.29, 0.717) is 0 Å². The molecule has 0 fully saturated rings. The maximum atomic E-state index is 5.60. The first-order chi connectivity index (χ1) is 9.93. The van der Waals surface area contributed by atoms with Crippen molar-refractivity contribution in [2.45, 2.75) is 18.9 Å². The van der Waals surface area contributed by atoms with Gasteiger partial charge in [0.2, 0.25) is 0 Å². The van der Waals surface area contributed by atoms with Crippen LogP contribution in [0.2, 0.25) is 0 Å². The molecule has 1 aliphatic rings. The molecular weight excluding hydrogens is 246 g/mol. The predicted octanol–water partition coefficient (Wildman–Crippen LogP) is 4.46. The van der Waals surface area contributed by atoms with Gasteiger partial charge < -0.3 is 10.1 Å². The second-order valence-electron chi connectivity index (χ2n) is 5.00. The Morgan fingerprint density at radius 1 is 1.00 bits per heavy atom. The van der Waals surface area contributed by atoms with Gasteiger partial charge in [-0.1, -0.05) is 48.5 Å². The number of para-hydroxylation sites is 1. The van der Waals surface area contributed by atoms with E-state index in [2.05, 4.69) is 59.9 Å². The number of hydrogen-bond donors (Lipinski definition) is 1. The Labute approximate surface area is 120 Å². The number of anilines is 1. The zero-order chi connectivity index (χ0) is 13.6. The number of ether oxygens (including phenoxy) is 1. The van der Waals surface area contributed by atoms with E-state index in [9.17, 15) is 0 Å². The molecule has 2 heteroatoms. The first-order valence-corrected chi connectivity index (χ1v) is 7.12. The molecule has 2 aromatic rings. The molecule has 2 nitrogen and oxygen atoms in total. The highest BCUT2D eigenvalue weighted by atomic mass is 16.5. The van der Waals surface area contributed by atoms with Crippen molar-refractivity contribution in [3.05, 3.63) is 66.9 Å². The van der Waals surface area contributed by atoms with E-state index in [1.807, 2.05) is 12.3 Å². The fourth-order valence-corrected chi connectivity index (χ4v) is 2.47. The second kappa shape index (κ2) is 6.29. The summed E-state index contributed by atoms with van der Waals surface area (Å²) in [5.41, 5.74) is 3.64.